The van der Waals surface area contributed by atoms with Gasteiger partial charge < -0.3 is 14.4 Å². The van der Waals surface area contributed by atoms with Gasteiger partial charge in [-0.15, -0.1) is 0 Å². The fourth-order valence-electron chi connectivity index (χ4n) is 2.03. The van der Waals surface area contributed by atoms with Gasteiger partial charge in [0.15, 0.2) is 5.75 Å². The van der Waals surface area contributed by atoms with Crippen molar-refractivity contribution in [1.29, 1.82) is 0 Å². The highest BCUT2D eigenvalue weighted by Gasteiger charge is 2.13. The van der Waals surface area contributed by atoms with E-state index in [4.69, 9.17) is 32.7 Å². The van der Waals surface area contributed by atoms with Crippen LogP contribution in [-0.4, -0.2) is 39.5 Å². The molecule has 2 rings (SSSR count). The molecule has 0 bridgehead atoms. The Labute approximate surface area is 118 Å². The van der Waals surface area contributed by atoms with Crippen LogP contribution in [-0.2, 0) is 4.74 Å². The maximum Gasteiger partial charge on any atom is 0.156 e. The molecule has 0 aromatic heterocycles. The first-order valence-corrected chi connectivity index (χ1v) is 7.01. The largest absolute Gasteiger partial charge is 0.490 e. The normalized spacial score (nSPS) is 16.8. The number of nitrogens with one attached hydrogen (secondary N) is 1. The van der Waals surface area contributed by atoms with Gasteiger partial charge in [-0.05, 0) is 12.1 Å². The van der Waals surface area contributed by atoms with E-state index in [9.17, 15) is 0 Å². The second-order valence-electron chi connectivity index (χ2n) is 4.37. The molecule has 0 saturated carbocycles. The van der Waals surface area contributed by atoms with E-state index in [1.165, 1.54) is 0 Å². The molecular formula is C13H18Cl2NO2+. The second kappa shape index (κ2) is 7.19. The molecule has 1 fully saturated rings. The minimum absolute atomic E-state index is 0.571. The predicted molar refractivity (Wildman–Crippen MR) is 73.0 cm³/mol. The van der Waals surface area contributed by atoms with Crippen molar-refractivity contribution in [2.24, 2.45) is 0 Å². The van der Waals surface area contributed by atoms with Gasteiger partial charge in [0.05, 0.1) is 36.4 Å². The lowest BCUT2D eigenvalue weighted by Crippen LogP contribution is -3.14. The van der Waals surface area contributed by atoms with Crippen LogP contribution in [0.3, 0.4) is 0 Å². The fraction of sp³-hybridized carbons (Fsp3) is 0.538. The van der Waals surface area contributed by atoms with Crippen LogP contribution < -0.4 is 9.64 Å². The molecule has 0 atom stereocenters. The minimum atomic E-state index is 0.571. The molecule has 1 aliphatic rings. The van der Waals surface area contributed by atoms with E-state index < -0.39 is 0 Å². The molecule has 1 aliphatic heterocycles. The summed E-state index contributed by atoms with van der Waals surface area (Å²) < 4.78 is 11.0. The van der Waals surface area contributed by atoms with Gasteiger partial charge in [0, 0.05) is 6.42 Å². The summed E-state index contributed by atoms with van der Waals surface area (Å²) in [6.45, 7) is 5.66. The third-order valence-corrected chi connectivity index (χ3v) is 3.64. The number of rotatable bonds is 5. The van der Waals surface area contributed by atoms with Crippen LogP contribution in [0.5, 0.6) is 5.75 Å². The summed E-state index contributed by atoms with van der Waals surface area (Å²) >= 11 is 12.1. The standard InChI is InChI=1S/C13H17Cl2NO2/c14-11-3-1-4-12(15)13(11)18-8-2-5-16-6-9-17-10-7-16/h1,3-4H,2,5-10H2/p+1. The van der Waals surface area contributed by atoms with E-state index in [1.54, 1.807) is 17.0 Å². The summed E-state index contributed by atoms with van der Waals surface area (Å²) in [6, 6.07) is 5.39. The van der Waals surface area contributed by atoms with Crippen LogP contribution in [0.25, 0.3) is 0 Å². The van der Waals surface area contributed by atoms with Crippen molar-refractivity contribution in [1.82, 2.24) is 0 Å². The highest BCUT2D eigenvalue weighted by atomic mass is 35.5. The average Bonchev–Trinajstić information content (AvgIpc) is 2.38. The van der Waals surface area contributed by atoms with E-state index in [-0.39, 0.29) is 0 Å². The third-order valence-electron chi connectivity index (χ3n) is 3.04. The molecule has 0 radical (unpaired) electrons. The zero-order valence-corrected chi connectivity index (χ0v) is 11.8. The van der Waals surface area contributed by atoms with Crippen LogP contribution in [0.2, 0.25) is 10.0 Å². The second-order valence-corrected chi connectivity index (χ2v) is 5.18. The van der Waals surface area contributed by atoms with E-state index in [1.807, 2.05) is 6.07 Å². The van der Waals surface area contributed by atoms with Crippen LogP contribution in [0.15, 0.2) is 18.2 Å². The van der Waals surface area contributed by atoms with E-state index in [0.29, 0.717) is 22.4 Å². The summed E-state index contributed by atoms with van der Waals surface area (Å²) in [6.07, 6.45) is 0.997. The molecule has 1 aromatic rings. The Morgan fingerprint density at radius 1 is 1.17 bits per heavy atom. The highest BCUT2D eigenvalue weighted by molar-refractivity contribution is 6.37. The van der Waals surface area contributed by atoms with Gasteiger partial charge in [0.2, 0.25) is 0 Å². The maximum atomic E-state index is 6.03. The Hall–Kier alpha value is -0.480. The van der Waals surface area contributed by atoms with Crippen molar-refractivity contribution < 1.29 is 14.4 Å². The predicted octanol–water partition coefficient (Wildman–Crippen LogP) is 1.68. The zero-order chi connectivity index (χ0) is 12.8. The zero-order valence-electron chi connectivity index (χ0n) is 10.3. The smallest absolute Gasteiger partial charge is 0.156 e. The van der Waals surface area contributed by atoms with Crippen LogP contribution in [0, 0.1) is 0 Å². The number of hydrogen-bond donors (Lipinski definition) is 1. The number of para-hydroxylation sites is 1. The van der Waals surface area contributed by atoms with Gasteiger partial charge in [0.25, 0.3) is 0 Å². The summed E-state index contributed by atoms with van der Waals surface area (Å²) in [4.78, 5) is 1.58. The monoisotopic (exact) mass is 290 g/mol. The van der Waals surface area contributed by atoms with Gasteiger partial charge in [-0.25, -0.2) is 0 Å². The van der Waals surface area contributed by atoms with Crippen molar-refractivity contribution in [3.63, 3.8) is 0 Å². The molecule has 1 N–H and O–H groups in total. The Morgan fingerprint density at radius 3 is 2.50 bits per heavy atom. The third kappa shape index (κ3) is 4.02. The van der Waals surface area contributed by atoms with Crippen LogP contribution >= 0.6 is 23.2 Å². The van der Waals surface area contributed by atoms with E-state index >= 15 is 0 Å². The molecule has 5 heteroatoms. The molecule has 0 unspecified atom stereocenters. The van der Waals surface area contributed by atoms with Gasteiger partial charge >= 0.3 is 0 Å². The van der Waals surface area contributed by atoms with Gasteiger partial charge in [-0.3, -0.25) is 0 Å². The minimum Gasteiger partial charge on any atom is -0.490 e. The van der Waals surface area contributed by atoms with Gasteiger partial charge in [-0.2, -0.15) is 0 Å². The van der Waals surface area contributed by atoms with Gasteiger partial charge in [0.1, 0.15) is 13.1 Å². The first-order valence-electron chi connectivity index (χ1n) is 6.25. The summed E-state index contributed by atoms with van der Waals surface area (Å²) in [5, 5.41) is 1.14. The van der Waals surface area contributed by atoms with Crippen molar-refractivity contribution >= 4 is 23.2 Å². The SMILES string of the molecule is Clc1cccc(Cl)c1OCCC[NH+]1CCOCC1. The number of morpholine rings is 1. The number of ether oxygens (including phenoxy) is 2. The molecule has 18 heavy (non-hydrogen) atoms. The average molecular weight is 291 g/mol. The van der Waals surface area contributed by atoms with E-state index in [0.717, 1.165) is 39.3 Å². The number of hydrogen-bond acceptors (Lipinski definition) is 2. The first-order chi connectivity index (χ1) is 8.77. The fourth-order valence-corrected chi connectivity index (χ4v) is 2.53. The molecule has 1 saturated heterocycles. The van der Waals surface area contributed by atoms with Crippen molar-refractivity contribution in [2.45, 2.75) is 6.42 Å². The lowest BCUT2D eigenvalue weighted by atomic mass is 10.3. The quantitative estimate of drug-likeness (QED) is 0.834. The molecule has 100 valence electrons. The Kier molecular flexibility index (Phi) is 5.57. The first kappa shape index (κ1) is 13.9. The molecule has 1 heterocycles. The molecule has 0 aliphatic carbocycles. The molecule has 1 aromatic carbocycles. The lowest BCUT2D eigenvalue weighted by Gasteiger charge is -2.23. The molecular weight excluding hydrogens is 273 g/mol. The summed E-state index contributed by atoms with van der Waals surface area (Å²) in [7, 11) is 0. The number of benzene rings is 1. The van der Waals surface area contributed by atoms with Crippen molar-refractivity contribution in [3.05, 3.63) is 28.2 Å². The number of quaternary nitrogens is 1. The Morgan fingerprint density at radius 2 is 1.83 bits per heavy atom. The molecule has 3 nitrogen and oxygen atoms in total. The highest BCUT2D eigenvalue weighted by Crippen LogP contribution is 2.32. The van der Waals surface area contributed by atoms with Gasteiger partial charge in [-0.1, -0.05) is 29.3 Å². The van der Waals surface area contributed by atoms with E-state index in [2.05, 4.69) is 0 Å². The molecule has 0 amide bonds. The summed E-state index contributed by atoms with van der Waals surface area (Å²) in [5.74, 6) is 0.595. The van der Waals surface area contributed by atoms with Crippen LogP contribution in [0.1, 0.15) is 6.42 Å². The lowest BCUT2D eigenvalue weighted by molar-refractivity contribution is -0.908. The molecule has 0 spiro atoms. The van der Waals surface area contributed by atoms with Crippen molar-refractivity contribution in [3.8, 4) is 5.75 Å². The number of halogens is 2. The topological polar surface area (TPSA) is 22.9 Å². The maximum absolute atomic E-state index is 6.03. The van der Waals surface area contributed by atoms with Crippen LogP contribution in [0.4, 0.5) is 0 Å². The summed E-state index contributed by atoms with van der Waals surface area (Å²) in [5.41, 5.74) is 0. The Balaban J connectivity index is 1.71. The van der Waals surface area contributed by atoms with Crippen molar-refractivity contribution in [2.75, 3.05) is 39.5 Å². The Bertz CT molecular complexity index is 361.